The van der Waals surface area contributed by atoms with Crippen molar-refractivity contribution in [1.82, 2.24) is 40.2 Å². The van der Waals surface area contributed by atoms with Crippen molar-refractivity contribution in [3.63, 3.8) is 0 Å². The fourth-order valence-electron chi connectivity index (χ4n) is 10.1. The Morgan fingerprint density at radius 2 is 1.14 bits per heavy atom. The van der Waals surface area contributed by atoms with Crippen LogP contribution in [0, 0.1) is 34.1 Å². The lowest BCUT2D eigenvalue weighted by molar-refractivity contribution is -0.625. The average Bonchev–Trinajstić information content (AvgIpc) is 3.99. The maximum absolute atomic E-state index is 14.1. The Kier molecular flexibility index (Phi) is 10.3. The summed E-state index contributed by atoms with van der Waals surface area (Å²) < 4.78 is 4.29. The Balaban J connectivity index is 1.27. The topological polar surface area (TPSA) is 214 Å². The van der Waals surface area contributed by atoms with Crippen LogP contribution in [0.4, 0.5) is 0 Å². The van der Waals surface area contributed by atoms with Crippen LogP contribution in [-0.4, -0.2) is 76.9 Å². The van der Waals surface area contributed by atoms with Gasteiger partial charge in [0, 0.05) is 23.0 Å². The van der Waals surface area contributed by atoms with Gasteiger partial charge in [0.15, 0.2) is 23.8 Å². The van der Waals surface area contributed by atoms with E-state index in [1.165, 1.54) is 24.8 Å². The Morgan fingerprint density at radius 3 is 1.52 bits per heavy atom. The number of fused-ring (bicyclic) bond motifs is 6. The van der Waals surface area contributed by atoms with Crippen LogP contribution in [0.3, 0.4) is 0 Å². The highest BCUT2D eigenvalue weighted by molar-refractivity contribution is 5.95. The van der Waals surface area contributed by atoms with E-state index in [1.807, 2.05) is 27.7 Å². The van der Waals surface area contributed by atoms with Gasteiger partial charge in [-0.05, 0) is 75.0 Å². The molecule has 2 saturated carbocycles. The van der Waals surface area contributed by atoms with Crippen LogP contribution in [0.2, 0.25) is 0 Å². The van der Waals surface area contributed by atoms with Gasteiger partial charge >= 0.3 is 11.4 Å². The number of carbonyl (C=O) groups is 2. The van der Waals surface area contributed by atoms with Crippen molar-refractivity contribution in [2.24, 2.45) is 23.7 Å². The molecule has 2 amide bonds. The lowest BCUT2D eigenvalue weighted by Crippen LogP contribution is -2.40. The second-order valence-corrected chi connectivity index (χ2v) is 17.1. The van der Waals surface area contributed by atoms with Gasteiger partial charge in [0.2, 0.25) is 11.6 Å². The number of amides is 2. The number of aliphatic hydroxyl groups excluding tert-OH is 2. The van der Waals surface area contributed by atoms with E-state index in [1.54, 1.807) is 9.36 Å². The molecule has 4 heterocycles. The van der Waals surface area contributed by atoms with Crippen molar-refractivity contribution in [1.29, 1.82) is 0 Å². The molecular formula is C40H52N10O6. The third-order valence-corrected chi connectivity index (χ3v) is 12.3. The Morgan fingerprint density at radius 1 is 0.732 bits per heavy atom. The molecule has 4 aliphatic carbocycles. The highest BCUT2D eigenvalue weighted by Crippen LogP contribution is 2.51. The molecule has 4 aromatic rings. The van der Waals surface area contributed by atoms with Crippen LogP contribution >= 0.6 is 0 Å². The molecule has 0 radical (unpaired) electrons. The van der Waals surface area contributed by atoms with Crippen molar-refractivity contribution >= 4 is 11.8 Å². The molecular weight excluding hydrogens is 717 g/mol. The van der Waals surface area contributed by atoms with Crippen molar-refractivity contribution in [2.45, 2.75) is 116 Å². The van der Waals surface area contributed by atoms with Crippen molar-refractivity contribution < 1.29 is 29.3 Å². The van der Waals surface area contributed by atoms with Crippen LogP contribution in [-0.2, 0) is 12.8 Å². The molecule has 4 aliphatic rings. The normalized spacial score (nSPS) is 21.9. The standard InChI is InChI=1S/C40H52N10O6/c1-21(2)15-25(19-51)43-39(53)31-29-17-23-7-5-9-27(23)33(29)49(45-31)37-35(47(55)13-11-41-37)36-38(42-12-14-48(36)56)50-34-28-10-6-8-24(28)18-30(34)32(46-50)40(54)44-26(20-52)16-22(3)4/h11-14,21-28,51-52H,5-10,15-20H2,1-4H3,(H,43,53)(H,44,54)/t23-,24-,25-,26-,27-,28-/m1/s1. The minimum Gasteiger partial charge on any atom is -0.618 e. The number of hydrogen-bond acceptors (Lipinski definition) is 10. The summed E-state index contributed by atoms with van der Waals surface area (Å²) >= 11 is 0. The molecule has 0 spiro atoms. The summed E-state index contributed by atoms with van der Waals surface area (Å²) in [7, 11) is 0. The number of nitrogens with one attached hydrogen (secondary N) is 2. The lowest BCUT2D eigenvalue weighted by atomic mass is 9.99. The van der Waals surface area contributed by atoms with Crippen LogP contribution in [0.1, 0.15) is 134 Å². The number of aliphatic hydroxyl groups is 2. The minimum atomic E-state index is -0.456. The second kappa shape index (κ2) is 15.2. The summed E-state index contributed by atoms with van der Waals surface area (Å²) in [6, 6.07) is -0.912. The molecule has 4 N–H and O–H groups in total. The highest BCUT2D eigenvalue weighted by Gasteiger charge is 2.47. The Hall–Kier alpha value is -4.96. The molecule has 298 valence electrons. The number of hydrogen-bond donors (Lipinski definition) is 4. The predicted molar refractivity (Wildman–Crippen MR) is 203 cm³/mol. The molecule has 16 nitrogen and oxygen atoms in total. The molecule has 0 saturated heterocycles. The molecule has 4 aromatic heterocycles. The third-order valence-electron chi connectivity index (χ3n) is 12.3. The largest absolute Gasteiger partial charge is 0.618 e. The molecule has 56 heavy (non-hydrogen) atoms. The maximum atomic E-state index is 14.1. The zero-order valence-electron chi connectivity index (χ0n) is 32.5. The van der Waals surface area contributed by atoms with Gasteiger partial charge in [-0.25, -0.2) is 19.3 Å². The number of aromatic nitrogens is 8. The number of rotatable bonds is 13. The quantitative estimate of drug-likeness (QED) is 0.115. The summed E-state index contributed by atoms with van der Waals surface area (Å²) in [4.78, 5) is 37.2. The number of nitrogens with zero attached hydrogens (tertiary/aromatic N) is 8. The first kappa shape index (κ1) is 37.9. The summed E-state index contributed by atoms with van der Waals surface area (Å²) in [5.41, 5.74) is 3.39. The van der Waals surface area contributed by atoms with E-state index in [9.17, 15) is 30.2 Å². The van der Waals surface area contributed by atoms with Crippen molar-refractivity contribution in [3.8, 4) is 23.0 Å². The molecule has 0 aliphatic heterocycles. The number of carbonyl (C=O) groups excluding carboxylic acids is 2. The van der Waals surface area contributed by atoms with E-state index in [-0.39, 0.29) is 71.3 Å². The van der Waals surface area contributed by atoms with E-state index in [0.717, 1.165) is 61.0 Å². The first-order valence-corrected chi connectivity index (χ1v) is 20.2. The minimum absolute atomic E-state index is 0.0741. The van der Waals surface area contributed by atoms with Gasteiger partial charge in [-0.3, -0.25) is 9.59 Å². The Bertz CT molecular complexity index is 2000. The van der Waals surface area contributed by atoms with Crippen LogP contribution < -0.4 is 20.1 Å². The second-order valence-electron chi connectivity index (χ2n) is 17.1. The van der Waals surface area contributed by atoms with Crippen molar-refractivity contribution in [3.05, 3.63) is 69.1 Å². The zero-order chi connectivity index (χ0) is 39.4. The van der Waals surface area contributed by atoms with Crippen molar-refractivity contribution in [2.75, 3.05) is 13.2 Å². The summed E-state index contributed by atoms with van der Waals surface area (Å²) in [6.45, 7) is 7.67. The average molecular weight is 769 g/mol. The third kappa shape index (κ3) is 6.59. The highest BCUT2D eigenvalue weighted by atomic mass is 16.5. The monoisotopic (exact) mass is 768 g/mol. The van der Waals surface area contributed by atoms with Crippen LogP contribution in [0.5, 0.6) is 0 Å². The zero-order valence-corrected chi connectivity index (χ0v) is 32.5. The molecule has 0 bridgehead atoms. The summed E-state index contributed by atoms with van der Waals surface area (Å²) in [5.74, 6) is 0.591. The van der Waals surface area contributed by atoms with E-state index in [0.29, 0.717) is 47.0 Å². The predicted octanol–water partition coefficient (Wildman–Crippen LogP) is 2.94. The van der Waals surface area contributed by atoms with Gasteiger partial charge in [-0.15, -0.1) is 0 Å². The first-order valence-electron chi connectivity index (χ1n) is 20.2. The van der Waals surface area contributed by atoms with E-state index in [2.05, 4.69) is 20.6 Å². The molecule has 6 atom stereocenters. The van der Waals surface area contributed by atoms with Crippen LogP contribution in [0.15, 0.2) is 24.8 Å². The lowest BCUT2D eigenvalue weighted by Gasteiger charge is -2.18. The van der Waals surface area contributed by atoms with Gasteiger partial charge in [0.25, 0.3) is 11.8 Å². The first-order chi connectivity index (χ1) is 27.0. The van der Waals surface area contributed by atoms with E-state index < -0.39 is 23.9 Å². The van der Waals surface area contributed by atoms with E-state index >= 15 is 0 Å². The fourth-order valence-corrected chi connectivity index (χ4v) is 10.1. The van der Waals surface area contributed by atoms with Gasteiger partial charge in [-0.2, -0.15) is 19.7 Å². The maximum Gasteiger partial charge on any atom is 0.339 e. The molecule has 0 unspecified atom stereocenters. The summed E-state index contributed by atoms with van der Waals surface area (Å²) in [6.07, 6.45) is 13.4. The Labute approximate surface area is 325 Å². The molecule has 2 fully saturated rings. The van der Waals surface area contributed by atoms with Crippen LogP contribution in [0.25, 0.3) is 23.0 Å². The summed E-state index contributed by atoms with van der Waals surface area (Å²) in [5, 5.41) is 64.0. The van der Waals surface area contributed by atoms with Gasteiger partial charge in [0.1, 0.15) is 0 Å². The van der Waals surface area contributed by atoms with Gasteiger partial charge in [-0.1, -0.05) is 40.5 Å². The molecule has 0 aromatic carbocycles. The van der Waals surface area contributed by atoms with E-state index in [4.69, 9.17) is 10.2 Å². The fraction of sp³-hybridized carbons (Fsp3) is 0.600. The van der Waals surface area contributed by atoms with Gasteiger partial charge < -0.3 is 31.3 Å². The smallest absolute Gasteiger partial charge is 0.339 e. The molecule has 16 heteroatoms. The molecule has 8 rings (SSSR count). The van der Waals surface area contributed by atoms with Gasteiger partial charge in [0.05, 0.1) is 49.1 Å². The SMILES string of the molecule is CC(C)C[C@H](CO)NC(=O)c1nn(-c2ncc[n+]([O-])c2-c2c(-n3nc(C(=O)N[C@@H](CO)CC(C)C)c4c3[C@@H]3CCC[C@@H]3C4)ncc[n+]2[O-])c2c1C[C@H]1CCC[C@@H]21.